The molecule has 8 heteroatoms. The second kappa shape index (κ2) is 10.1. The van der Waals surface area contributed by atoms with Gasteiger partial charge in [-0.2, -0.15) is 5.10 Å². The van der Waals surface area contributed by atoms with E-state index in [2.05, 4.69) is 10.5 Å². The molecule has 0 atom stereocenters. The molecule has 0 aromatic heterocycles. The van der Waals surface area contributed by atoms with Crippen LogP contribution in [0.4, 0.5) is 0 Å². The fourth-order valence-corrected chi connectivity index (χ4v) is 2.64. The topological polar surface area (TPSA) is 109 Å². The average molecular weight is 399 g/mol. The highest BCUT2D eigenvalue weighted by Gasteiger charge is 2.12. The molecule has 0 bridgehead atoms. The monoisotopic (exact) mass is 399 g/mol. The number of amides is 1. The van der Waals surface area contributed by atoms with Crippen LogP contribution < -0.4 is 24.7 Å². The van der Waals surface area contributed by atoms with Crippen molar-refractivity contribution in [3.05, 3.63) is 53.1 Å². The number of methoxy groups -OCH3 is 2. The van der Waals surface area contributed by atoms with Crippen LogP contribution in [0.3, 0.4) is 0 Å². The molecule has 0 spiro atoms. The van der Waals surface area contributed by atoms with Gasteiger partial charge in [-0.25, -0.2) is 5.43 Å². The van der Waals surface area contributed by atoms with Gasteiger partial charge in [-0.1, -0.05) is 0 Å². The van der Waals surface area contributed by atoms with Crippen LogP contribution in [0.5, 0.6) is 17.2 Å². The van der Waals surface area contributed by atoms with Crippen LogP contribution in [-0.4, -0.2) is 38.4 Å². The summed E-state index contributed by atoms with van der Waals surface area (Å²) in [5.74, 6) is -0.203. The number of hydrogen-bond acceptors (Lipinski definition) is 7. The van der Waals surface area contributed by atoms with Crippen LogP contribution in [0.25, 0.3) is 0 Å². The summed E-state index contributed by atoms with van der Waals surface area (Å²) in [6, 6.07) is 9.84. The lowest BCUT2D eigenvalue weighted by Crippen LogP contribution is -2.24. The first-order valence-electron chi connectivity index (χ1n) is 8.92. The van der Waals surface area contributed by atoms with E-state index in [0.717, 1.165) is 0 Å². The molecule has 0 radical (unpaired) electrons. The molecular weight excluding hydrogens is 376 g/mol. The third-order valence-corrected chi connectivity index (χ3v) is 4.08. The van der Waals surface area contributed by atoms with Crippen molar-refractivity contribution in [1.29, 1.82) is 0 Å². The van der Waals surface area contributed by atoms with Gasteiger partial charge in [-0.15, -0.1) is 0 Å². The highest BCUT2D eigenvalue weighted by Crippen LogP contribution is 2.28. The molecule has 1 amide bonds. The third kappa shape index (κ3) is 5.71. The van der Waals surface area contributed by atoms with Crippen LogP contribution in [-0.2, 0) is 11.2 Å². The molecule has 2 aromatic carbocycles. The van der Waals surface area contributed by atoms with E-state index in [1.807, 2.05) is 6.92 Å². The molecule has 0 unspecified atom stereocenters. The fourth-order valence-electron chi connectivity index (χ4n) is 2.64. The van der Waals surface area contributed by atoms with E-state index < -0.39 is 11.9 Å². The Hall–Kier alpha value is -3.55. The van der Waals surface area contributed by atoms with Crippen LogP contribution in [0, 0.1) is 0 Å². The Morgan fingerprint density at radius 3 is 2.28 bits per heavy atom. The lowest BCUT2D eigenvalue weighted by Gasteiger charge is -2.12. The quantitative estimate of drug-likeness (QED) is 0.506. The van der Waals surface area contributed by atoms with E-state index in [-0.39, 0.29) is 6.42 Å². The summed E-state index contributed by atoms with van der Waals surface area (Å²) in [6.45, 7) is 4.03. The number of ether oxygens (including phenoxy) is 3. The van der Waals surface area contributed by atoms with Crippen LogP contribution >= 0.6 is 0 Å². The van der Waals surface area contributed by atoms with E-state index in [0.29, 0.717) is 46.3 Å². The van der Waals surface area contributed by atoms with Crippen molar-refractivity contribution in [2.75, 3.05) is 20.8 Å². The highest BCUT2D eigenvalue weighted by molar-refractivity contribution is 6.01. The summed E-state index contributed by atoms with van der Waals surface area (Å²) in [4.78, 5) is 23.3. The van der Waals surface area contributed by atoms with Crippen molar-refractivity contribution in [1.82, 2.24) is 5.43 Å². The summed E-state index contributed by atoms with van der Waals surface area (Å²) in [5, 5.41) is 15.0. The van der Waals surface area contributed by atoms with Crippen molar-refractivity contribution in [3.63, 3.8) is 0 Å². The predicted octanol–water partition coefficient (Wildman–Crippen LogP) is 1.55. The maximum absolute atomic E-state index is 12.4. The van der Waals surface area contributed by atoms with Crippen molar-refractivity contribution in [2.45, 2.75) is 20.3 Å². The van der Waals surface area contributed by atoms with Crippen molar-refractivity contribution < 1.29 is 28.9 Å². The van der Waals surface area contributed by atoms with Gasteiger partial charge in [-0.3, -0.25) is 4.79 Å². The zero-order valence-corrected chi connectivity index (χ0v) is 16.8. The molecule has 29 heavy (non-hydrogen) atoms. The number of hydrogen-bond donors (Lipinski definition) is 1. The Labute approximate surface area is 169 Å². The number of carbonyl (C=O) groups is 2. The number of nitrogens with one attached hydrogen (secondary N) is 1. The predicted molar refractivity (Wildman–Crippen MR) is 106 cm³/mol. The van der Waals surface area contributed by atoms with Gasteiger partial charge < -0.3 is 24.1 Å². The SMILES string of the molecule is CCOc1ccc(C(=O)N/N=C(/C)c2ccc(OC)c(CC(=O)[O-])c2)cc1OC. The van der Waals surface area contributed by atoms with E-state index in [9.17, 15) is 14.7 Å². The summed E-state index contributed by atoms with van der Waals surface area (Å²) >= 11 is 0. The number of carboxylic acids is 1. The molecule has 2 aromatic rings. The normalized spacial score (nSPS) is 11.0. The van der Waals surface area contributed by atoms with Crippen LogP contribution in [0.1, 0.15) is 35.3 Å². The maximum atomic E-state index is 12.4. The fraction of sp³-hybridized carbons (Fsp3) is 0.286. The first-order chi connectivity index (χ1) is 13.9. The molecule has 0 saturated heterocycles. The Kier molecular flexibility index (Phi) is 7.59. The number of nitrogens with zero attached hydrogens (tertiary/aromatic N) is 1. The van der Waals surface area contributed by atoms with Crippen LogP contribution in [0.15, 0.2) is 41.5 Å². The molecular formula is C21H23N2O6-. The first-order valence-corrected chi connectivity index (χ1v) is 8.92. The van der Waals surface area contributed by atoms with Gasteiger partial charge in [0.25, 0.3) is 5.91 Å². The molecule has 2 rings (SSSR count). The zero-order valence-electron chi connectivity index (χ0n) is 16.8. The minimum Gasteiger partial charge on any atom is -0.550 e. The van der Waals surface area contributed by atoms with E-state index in [4.69, 9.17) is 14.2 Å². The maximum Gasteiger partial charge on any atom is 0.271 e. The Morgan fingerprint density at radius 1 is 1.00 bits per heavy atom. The molecule has 0 aliphatic rings. The van der Waals surface area contributed by atoms with Gasteiger partial charge in [-0.05, 0) is 55.8 Å². The number of benzene rings is 2. The molecule has 0 aliphatic carbocycles. The lowest BCUT2D eigenvalue weighted by atomic mass is 10.0. The van der Waals surface area contributed by atoms with Gasteiger partial charge in [0.1, 0.15) is 5.75 Å². The number of aliphatic carboxylic acids is 1. The van der Waals surface area contributed by atoms with Gasteiger partial charge >= 0.3 is 0 Å². The van der Waals surface area contributed by atoms with Gasteiger partial charge in [0, 0.05) is 23.5 Å². The molecule has 0 aliphatic heterocycles. The number of carbonyl (C=O) groups excluding carboxylic acids is 2. The zero-order chi connectivity index (χ0) is 21.4. The van der Waals surface area contributed by atoms with E-state index >= 15 is 0 Å². The highest BCUT2D eigenvalue weighted by atomic mass is 16.5. The standard InChI is InChI=1S/C21H24N2O6/c1-5-29-18-9-7-15(11-19(18)28-4)21(26)23-22-13(2)14-6-8-17(27-3)16(10-14)12-20(24)25/h6-11H,5,12H2,1-4H3,(H,23,26)(H,24,25)/p-1/b22-13-. The minimum atomic E-state index is -1.22. The smallest absolute Gasteiger partial charge is 0.271 e. The number of carboxylic acid groups (broad SMARTS) is 1. The van der Waals surface area contributed by atoms with Crippen molar-refractivity contribution in [2.24, 2.45) is 5.10 Å². The van der Waals surface area contributed by atoms with E-state index in [1.54, 1.807) is 43.3 Å². The number of hydrazone groups is 1. The lowest BCUT2D eigenvalue weighted by molar-refractivity contribution is -0.304. The van der Waals surface area contributed by atoms with Gasteiger partial charge in [0.2, 0.25) is 0 Å². The molecule has 8 nitrogen and oxygen atoms in total. The first kappa shape index (κ1) is 21.7. The van der Waals surface area contributed by atoms with Gasteiger partial charge in [0.05, 0.1) is 26.5 Å². The van der Waals surface area contributed by atoms with Crippen molar-refractivity contribution in [3.8, 4) is 17.2 Å². The molecule has 1 N–H and O–H groups in total. The summed E-state index contributed by atoms with van der Waals surface area (Å²) in [6.07, 6.45) is -0.289. The second-order valence-corrected chi connectivity index (χ2v) is 6.01. The Bertz CT molecular complexity index is 923. The molecule has 0 fully saturated rings. The summed E-state index contributed by atoms with van der Waals surface area (Å²) < 4.78 is 15.8. The Morgan fingerprint density at radius 2 is 1.66 bits per heavy atom. The van der Waals surface area contributed by atoms with Crippen molar-refractivity contribution >= 4 is 17.6 Å². The van der Waals surface area contributed by atoms with Gasteiger partial charge in [0.15, 0.2) is 11.5 Å². The minimum absolute atomic E-state index is 0.289. The van der Waals surface area contributed by atoms with Crippen LogP contribution in [0.2, 0.25) is 0 Å². The summed E-state index contributed by atoms with van der Waals surface area (Å²) in [7, 11) is 2.95. The largest absolute Gasteiger partial charge is 0.550 e. The second-order valence-electron chi connectivity index (χ2n) is 6.01. The average Bonchev–Trinajstić information content (AvgIpc) is 2.71. The molecule has 0 saturated carbocycles. The Balaban J connectivity index is 2.18. The molecule has 154 valence electrons. The third-order valence-electron chi connectivity index (χ3n) is 4.08. The number of rotatable bonds is 9. The molecule has 0 heterocycles. The van der Waals surface area contributed by atoms with E-state index in [1.165, 1.54) is 14.2 Å². The summed E-state index contributed by atoms with van der Waals surface area (Å²) in [5.41, 5.74) is 4.44.